The zero-order chi connectivity index (χ0) is 26.9. The summed E-state index contributed by atoms with van der Waals surface area (Å²) in [7, 11) is 0. The average Bonchev–Trinajstić information content (AvgIpc) is 2.92. The summed E-state index contributed by atoms with van der Waals surface area (Å²) in [4.78, 5) is 12.8. The highest BCUT2D eigenvalue weighted by molar-refractivity contribution is 14.1. The van der Waals surface area contributed by atoms with Crippen LogP contribution in [-0.4, -0.2) is 19.1 Å². The highest BCUT2D eigenvalue weighted by atomic mass is 127. The van der Waals surface area contributed by atoms with Gasteiger partial charge < -0.3 is 19.5 Å². The van der Waals surface area contributed by atoms with Gasteiger partial charge in [-0.1, -0.05) is 36.4 Å². The van der Waals surface area contributed by atoms with Gasteiger partial charge >= 0.3 is 0 Å². The number of rotatable bonds is 10. The highest BCUT2D eigenvalue weighted by Crippen LogP contribution is 2.36. The first-order valence-electron chi connectivity index (χ1n) is 12.2. The van der Waals surface area contributed by atoms with Crippen molar-refractivity contribution < 1.29 is 19.0 Å². The summed E-state index contributed by atoms with van der Waals surface area (Å²) in [5, 5.41) is 14.8. The van der Waals surface area contributed by atoms with Gasteiger partial charge in [-0.25, -0.2) is 0 Å². The van der Waals surface area contributed by atoms with Crippen molar-refractivity contribution in [1.29, 1.82) is 5.26 Å². The van der Waals surface area contributed by atoms with E-state index in [0.717, 1.165) is 14.5 Å². The van der Waals surface area contributed by atoms with Crippen molar-refractivity contribution in [3.63, 3.8) is 0 Å². The summed E-state index contributed by atoms with van der Waals surface area (Å²) in [5.74, 6) is 1.38. The predicted octanol–water partition coefficient (Wildman–Crippen LogP) is 7.37. The molecule has 6 nitrogen and oxygen atoms in total. The maximum atomic E-state index is 12.8. The molecule has 0 aliphatic rings. The Labute approximate surface area is 236 Å². The summed E-state index contributed by atoms with van der Waals surface area (Å²) < 4.78 is 18.3. The first-order valence-corrected chi connectivity index (χ1v) is 13.3. The molecule has 0 unspecified atom stereocenters. The van der Waals surface area contributed by atoms with E-state index in [1.54, 1.807) is 36.4 Å². The molecule has 0 bridgehead atoms. The fourth-order valence-corrected chi connectivity index (χ4v) is 4.65. The van der Waals surface area contributed by atoms with E-state index in [2.05, 4.69) is 58.2 Å². The lowest BCUT2D eigenvalue weighted by molar-refractivity contribution is -0.112. The smallest absolute Gasteiger partial charge is 0.266 e. The minimum Gasteiger partial charge on any atom is -0.494 e. The van der Waals surface area contributed by atoms with Crippen molar-refractivity contribution >= 4 is 51.0 Å². The van der Waals surface area contributed by atoms with Gasteiger partial charge in [0.25, 0.3) is 5.91 Å². The van der Waals surface area contributed by atoms with Gasteiger partial charge in [-0.3, -0.25) is 4.79 Å². The standard InChI is InChI=1S/C31H27IN2O4/c1-3-36-27-13-11-26(12-14-27)34-31(35)25(19-33)16-22-17-28(32)30(29(18-22)37-4-2)38-20-21-9-10-23-7-5-6-8-24(23)15-21/h5-18H,3-4,20H2,1-2H3,(H,34,35)/b25-16+. The number of fused-ring (bicyclic) bond motifs is 1. The lowest BCUT2D eigenvalue weighted by atomic mass is 10.1. The Balaban J connectivity index is 1.53. The monoisotopic (exact) mass is 618 g/mol. The number of amides is 1. The van der Waals surface area contributed by atoms with Gasteiger partial charge in [0, 0.05) is 5.69 Å². The zero-order valence-electron chi connectivity index (χ0n) is 21.2. The summed E-state index contributed by atoms with van der Waals surface area (Å²) in [6, 6.07) is 27.1. The molecule has 0 aliphatic heterocycles. The van der Waals surface area contributed by atoms with Crippen LogP contribution in [0, 0.1) is 14.9 Å². The van der Waals surface area contributed by atoms with E-state index in [1.807, 2.05) is 38.1 Å². The Bertz CT molecular complexity index is 1510. The number of halogens is 1. The number of nitrogens with one attached hydrogen (secondary N) is 1. The van der Waals surface area contributed by atoms with Crippen LogP contribution in [0.15, 0.2) is 84.4 Å². The van der Waals surface area contributed by atoms with Crippen LogP contribution in [0.2, 0.25) is 0 Å². The van der Waals surface area contributed by atoms with Gasteiger partial charge in [0.05, 0.1) is 16.8 Å². The second-order valence-electron chi connectivity index (χ2n) is 8.31. The number of carbonyl (C=O) groups excluding carboxylic acids is 1. The number of nitrogens with zero attached hydrogens (tertiary/aromatic N) is 1. The predicted molar refractivity (Wildman–Crippen MR) is 158 cm³/mol. The van der Waals surface area contributed by atoms with Crippen LogP contribution in [0.1, 0.15) is 25.0 Å². The van der Waals surface area contributed by atoms with Crippen LogP contribution in [0.25, 0.3) is 16.8 Å². The highest BCUT2D eigenvalue weighted by Gasteiger charge is 2.15. The summed E-state index contributed by atoms with van der Waals surface area (Å²) >= 11 is 2.18. The normalized spacial score (nSPS) is 11.1. The topological polar surface area (TPSA) is 80.6 Å². The van der Waals surface area contributed by atoms with Crippen molar-refractivity contribution in [2.75, 3.05) is 18.5 Å². The van der Waals surface area contributed by atoms with Crippen LogP contribution >= 0.6 is 22.6 Å². The molecule has 0 saturated heterocycles. The second kappa shape index (κ2) is 13.0. The van der Waals surface area contributed by atoms with Crippen molar-refractivity contribution in [2.45, 2.75) is 20.5 Å². The maximum absolute atomic E-state index is 12.8. The van der Waals surface area contributed by atoms with Crippen LogP contribution in [0.4, 0.5) is 5.69 Å². The Morgan fingerprint density at radius 3 is 2.37 bits per heavy atom. The molecule has 0 radical (unpaired) electrons. The van der Waals surface area contributed by atoms with E-state index < -0.39 is 5.91 Å². The van der Waals surface area contributed by atoms with Gasteiger partial charge in [0.1, 0.15) is 24.0 Å². The van der Waals surface area contributed by atoms with Crippen molar-refractivity contribution in [3.8, 4) is 23.3 Å². The molecule has 0 saturated carbocycles. The molecule has 0 aliphatic carbocycles. The number of anilines is 1. The van der Waals surface area contributed by atoms with Gasteiger partial charge in [-0.05, 0) is 107 Å². The van der Waals surface area contributed by atoms with E-state index in [4.69, 9.17) is 14.2 Å². The first-order chi connectivity index (χ1) is 18.5. The summed E-state index contributed by atoms with van der Waals surface area (Å²) in [6.45, 7) is 5.18. The Morgan fingerprint density at radius 1 is 0.921 bits per heavy atom. The lowest BCUT2D eigenvalue weighted by Crippen LogP contribution is -2.13. The molecule has 0 atom stereocenters. The van der Waals surface area contributed by atoms with Crippen LogP contribution in [-0.2, 0) is 11.4 Å². The van der Waals surface area contributed by atoms with E-state index in [0.29, 0.717) is 48.3 Å². The minimum atomic E-state index is -0.499. The zero-order valence-corrected chi connectivity index (χ0v) is 23.3. The molecule has 1 amide bonds. The van der Waals surface area contributed by atoms with Crippen LogP contribution in [0.5, 0.6) is 17.2 Å². The molecule has 0 spiro atoms. The Hall–Kier alpha value is -4.03. The fourth-order valence-electron chi connectivity index (χ4n) is 3.87. The van der Waals surface area contributed by atoms with E-state index in [1.165, 1.54) is 5.39 Å². The molecule has 0 heterocycles. The van der Waals surface area contributed by atoms with E-state index >= 15 is 0 Å². The fraction of sp³-hybridized carbons (Fsp3) is 0.161. The Morgan fingerprint density at radius 2 is 1.66 bits per heavy atom. The third kappa shape index (κ3) is 6.84. The second-order valence-corrected chi connectivity index (χ2v) is 9.48. The molecule has 192 valence electrons. The number of hydrogen-bond acceptors (Lipinski definition) is 5. The van der Waals surface area contributed by atoms with Crippen LogP contribution < -0.4 is 19.5 Å². The molecule has 4 rings (SSSR count). The van der Waals surface area contributed by atoms with Gasteiger partial charge in [-0.15, -0.1) is 0 Å². The summed E-state index contributed by atoms with van der Waals surface area (Å²) in [6.07, 6.45) is 1.54. The molecule has 7 heteroatoms. The molecule has 1 N–H and O–H groups in total. The number of nitriles is 1. The van der Waals surface area contributed by atoms with E-state index in [9.17, 15) is 10.1 Å². The van der Waals surface area contributed by atoms with E-state index in [-0.39, 0.29) is 5.57 Å². The number of carbonyl (C=O) groups is 1. The van der Waals surface area contributed by atoms with Gasteiger partial charge in [0.2, 0.25) is 0 Å². The number of ether oxygens (including phenoxy) is 3. The van der Waals surface area contributed by atoms with Crippen molar-refractivity contribution in [2.24, 2.45) is 0 Å². The summed E-state index contributed by atoms with van der Waals surface area (Å²) in [5.41, 5.74) is 2.25. The Kier molecular flexibility index (Phi) is 9.22. The third-order valence-corrected chi connectivity index (χ3v) is 6.43. The minimum absolute atomic E-state index is 0.0260. The largest absolute Gasteiger partial charge is 0.494 e. The average molecular weight is 618 g/mol. The van der Waals surface area contributed by atoms with Gasteiger partial charge in [0.15, 0.2) is 11.5 Å². The molecule has 4 aromatic carbocycles. The SMILES string of the molecule is CCOc1ccc(NC(=O)/C(C#N)=C/c2cc(I)c(OCc3ccc4ccccc4c3)c(OCC)c2)cc1. The molecule has 38 heavy (non-hydrogen) atoms. The third-order valence-electron chi connectivity index (χ3n) is 5.63. The first kappa shape index (κ1) is 27.0. The number of hydrogen-bond donors (Lipinski definition) is 1. The molecule has 0 fully saturated rings. The molecule has 4 aromatic rings. The molecule has 0 aromatic heterocycles. The molecular formula is C31H27IN2O4. The van der Waals surface area contributed by atoms with Crippen molar-refractivity contribution in [1.82, 2.24) is 0 Å². The lowest BCUT2D eigenvalue weighted by Gasteiger charge is -2.15. The van der Waals surface area contributed by atoms with Crippen LogP contribution in [0.3, 0.4) is 0 Å². The van der Waals surface area contributed by atoms with Gasteiger partial charge in [-0.2, -0.15) is 5.26 Å². The maximum Gasteiger partial charge on any atom is 0.266 e. The molecular weight excluding hydrogens is 591 g/mol. The van der Waals surface area contributed by atoms with Crippen molar-refractivity contribution in [3.05, 3.63) is 99.1 Å². The quantitative estimate of drug-likeness (QED) is 0.114. The number of benzene rings is 4.